The molecular weight excluding hydrogens is 849 g/mol. The molecule has 54 heavy (non-hydrogen) atoms. The minimum Gasteiger partial charge on any atom is -0.348 e. The highest BCUT2D eigenvalue weighted by Gasteiger charge is 3.00. The van der Waals surface area contributed by atoms with Crippen molar-refractivity contribution < 1.29 is 129 Å². The zero-order valence-corrected chi connectivity index (χ0v) is 26.0. The molecule has 0 spiro atoms. The van der Waals surface area contributed by atoms with Gasteiger partial charge in [0.25, 0.3) is 5.91 Å². The van der Waals surface area contributed by atoms with E-state index < -0.39 is 113 Å². The molecule has 1 rings (SSSR count). The van der Waals surface area contributed by atoms with E-state index in [2.05, 4.69) is 0 Å². The van der Waals surface area contributed by atoms with E-state index in [-0.39, 0.29) is 5.06 Å². The van der Waals surface area contributed by atoms with Crippen LogP contribution < -0.4 is 5.32 Å². The molecule has 1 fully saturated rings. The van der Waals surface area contributed by atoms with E-state index in [1.165, 1.54) is 0 Å². The number of amides is 1. The first-order chi connectivity index (χ1) is 22.9. The summed E-state index contributed by atoms with van der Waals surface area (Å²) in [6.07, 6.45) is -10.1. The van der Waals surface area contributed by atoms with Crippen molar-refractivity contribution in [2.24, 2.45) is 0 Å². The minimum absolute atomic E-state index is 0.214. The molecule has 1 aliphatic heterocycles. The van der Waals surface area contributed by atoms with Crippen molar-refractivity contribution in [1.29, 1.82) is 0 Å². The Labute approximate surface area is 280 Å². The highest BCUT2D eigenvalue weighted by molar-refractivity contribution is 5.85. The van der Waals surface area contributed by atoms with Crippen LogP contribution in [0.4, 0.5) is 119 Å². The van der Waals surface area contributed by atoms with E-state index in [0.29, 0.717) is 0 Å². The molecule has 4 nitrogen and oxygen atoms in total. The Balaban J connectivity index is 3.83. The fourth-order valence-corrected chi connectivity index (χ4v) is 4.93. The topological polar surface area (TPSA) is 52.2 Å². The van der Waals surface area contributed by atoms with Crippen molar-refractivity contribution in [2.45, 2.75) is 135 Å². The Hall–Kier alpha value is -2.50. The maximum absolute atomic E-state index is 14.4. The second-order valence-corrected chi connectivity index (χ2v) is 12.9. The Morgan fingerprint density at radius 2 is 0.630 bits per heavy atom. The molecule has 0 saturated carbocycles. The van der Waals surface area contributed by atoms with Gasteiger partial charge in [-0.15, -0.1) is 10.3 Å². The van der Waals surface area contributed by atoms with Crippen LogP contribution >= 0.6 is 0 Å². The zero-order valence-electron chi connectivity index (χ0n) is 26.0. The molecule has 0 atom stereocenters. The van der Waals surface area contributed by atoms with Crippen LogP contribution in [-0.4, -0.2) is 105 Å². The molecule has 1 radical (unpaired) electrons. The lowest BCUT2D eigenvalue weighted by Gasteiger charge is -2.50. The van der Waals surface area contributed by atoms with Gasteiger partial charge >= 0.3 is 77.2 Å². The Kier molecular flexibility index (Phi) is 11.5. The monoisotopic (exact) mass is 867 g/mol. The average Bonchev–Trinajstić information content (AvgIpc) is 2.93. The molecule has 1 aliphatic rings. The van der Waals surface area contributed by atoms with Gasteiger partial charge in [-0.1, -0.05) is 0 Å². The molecule has 1 saturated heterocycles. The second kappa shape index (κ2) is 12.5. The molecule has 0 aromatic carbocycles. The largest absolute Gasteiger partial charge is 0.460 e. The van der Waals surface area contributed by atoms with Gasteiger partial charge in [0.1, 0.15) is 0 Å². The molecule has 1 amide bonds. The molecule has 1 heterocycles. The highest BCUT2D eigenvalue weighted by Crippen LogP contribution is 2.68. The van der Waals surface area contributed by atoms with Gasteiger partial charge in [0, 0.05) is 17.1 Å². The number of hydrogen-bond acceptors (Lipinski definition) is 2. The number of nitrogens with zero attached hydrogens (tertiary/aromatic N) is 1. The smallest absolute Gasteiger partial charge is 0.348 e. The van der Waals surface area contributed by atoms with Crippen molar-refractivity contribution in [3.63, 3.8) is 0 Å². The normalized spacial score (nSPS) is 20.3. The molecular formula is C23H18F27N2O2. The van der Waals surface area contributed by atoms with Gasteiger partial charge in [0.2, 0.25) is 0 Å². The first kappa shape index (κ1) is 49.5. The summed E-state index contributed by atoms with van der Waals surface area (Å²) >= 11 is 0. The summed E-state index contributed by atoms with van der Waals surface area (Å²) in [7, 11) is 0. The van der Waals surface area contributed by atoms with Gasteiger partial charge in [-0.3, -0.25) is 4.79 Å². The first-order valence-corrected chi connectivity index (χ1v) is 13.2. The molecule has 31 heteroatoms. The van der Waals surface area contributed by atoms with Crippen LogP contribution in [0.25, 0.3) is 0 Å². The van der Waals surface area contributed by atoms with E-state index in [0.717, 1.165) is 33.0 Å². The average molecular weight is 867 g/mol. The van der Waals surface area contributed by atoms with Crippen LogP contribution in [0.2, 0.25) is 0 Å². The fraction of sp³-hybridized carbons (Fsp3) is 0.957. The van der Waals surface area contributed by atoms with Crippen molar-refractivity contribution >= 4 is 5.91 Å². The lowest BCUT2D eigenvalue weighted by atomic mass is 9.79. The third-order valence-corrected chi connectivity index (χ3v) is 7.91. The van der Waals surface area contributed by atoms with Crippen LogP contribution in [0.5, 0.6) is 0 Å². The Morgan fingerprint density at radius 3 is 0.852 bits per heavy atom. The standard InChI is InChI=1S/C23H18F27N2O2/c1-9(2)5-7(6-10(3,4)52(9)54)51-8(53)11(24,25)12(26,27)13(28,29)14(30,31)15(32,33)16(34,35)17(36,37)18(38,39)19(40,41)20(42,43)21(44,45)22(46,47)23(48,49)50/h7H,5-6H2,1-4H3,(H,51,53). The van der Waals surface area contributed by atoms with Gasteiger partial charge in [0.15, 0.2) is 0 Å². The first-order valence-electron chi connectivity index (χ1n) is 13.2. The highest BCUT2D eigenvalue weighted by atomic mass is 19.4. The number of hydroxylamine groups is 2. The fourth-order valence-electron chi connectivity index (χ4n) is 4.93. The minimum atomic E-state index is -9.87. The number of piperidine rings is 1. The Bertz CT molecular complexity index is 1400. The van der Waals surface area contributed by atoms with E-state index in [4.69, 9.17) is 0 Å². The number of nitrogens with one attached hydrogen (secondary N) is 1. The van der Waals surface area contributed by atoms with Crippen LogP contribution in [0.3, 0.4) is 0 Å². The number of carbonyl (C=O) groups is 1. The summed E-state index contributed by atoms with van der Waals surface area (Å²) in [4.78, 5) is 11.9. The zero-order chi connectivity index (χ0) is 44.4. The van der Waals surface area contributed by atoms with E-state index in [9.17, 15) is 129 Å². The quantitative estimate of drug-likeness (QED) is 0.188. The number of hydrogen-bond donors (Lipinski definition) is 1. The molecule has 0 aliphatic carbocycles. The van der Waals surface area contributed by atoms with Gasteiger partial charge in [0.05, 0.1) is 0 Å². The molecule has 1 N–H and O–H groups in total. The molecule has 0 aromatic rings. The van der Waals surface area contributed by atoms with Gasteiger partial charge < -0.3 is 5.32 Å². The van der Waals surface area contributed by atoms with Crippen LogP contribution in [-0.2, 0) is 10.0 Å². The summed E-state index contributed by atoms with van der Waals surface area (Å²) in [6.45, 7) is 3.90. The van der Waals surface area contributed by atoms with Crippen LogP contribution in [0.15, 0.2) is 0 Å². The predicted octanol–water partition coefficient (Wildman–Crippen LogP) is 9.66. The maximum atomic E-state index is 14.4. The third kappa shape index (κ3) is 6.16. The number of rotatable bonds is 13. The predicted molar refractivity (Wildman–Crippen MR) is 117 cm³/mol. The van der Waals surface area contributed by atoms with Crippen LogP contribution in [0, 0.1) is 0 Å². The van der Waals surface area contributed by atoms with Gasteiger partial charge in [-0.05, 0) is 40.5 Å². The van der Waals surface area contributed by atoms with E-state index in [1.807, 2.05) is 0 Å². The van der Waals surface area contributed by atoms with Crippen molar-refractivity contribution in [1.82, 2.24) is 10.4 Å². The maximum Gasteiger partial charge on any atom is 0.460 e. The van der Waals surface area contributed by atoms with Crippen molar-refractivity contribution in [2.75, 3.05) is 0 Å². The lowest BCUT2D eigenvalue weighted by molar-refractivity contribution is -0.484. The summed E-state index contributed by atoms with van der Waals surface area (Å²) in [6, 6.07) is -2.04. The van der Waals surface area contributed by atoms with E-state index >= 15 is 0 Å². The van der Waals surface area contributed by atoms with Crippen molar-refractivity contribution in [3.8, 4) is 0 Å². The molecule has 321 valence electrons. The number of halogens is 27. The second-order valence-electron chi connectivity index (χ2n) is 12.9. The molecule has 0 bridgehead atoms. The summed E-state index contributed by atoms with van der Waals surface area (Å²) in [5, 5.41) is 13.3. The van der Waals surface area contributed by atoms with Crippen LogP contribution in [0.1, 0.15) is 40.5 Å². The SMILES string of the molecule is CC1(C)CC(NC(=O)C(F)(F)C(F)(F)C(F)(F)C(F)(F)C(F)(F)C(F)(F)C(F)(F)C(F)(F)C(F)(F)C(F)(F)C(F)(F)C(F)(F)C(F)(F)F)CC(C)(C)N1[O]. The lowest BCUT2D eigenvalue weighted by Crippen LogP contribution is -2.79. The van der Waals surface area contributed by atoms with Gasteiger partial charge in [-0.2, -0.15) is 119 Å². The summed E-state index contributed by atoms with van der Waals surface area (Å²) in [5.74, 6) is -115. The summed E-state index contributed by atoms with van der Waals surface area (Å²) < 4.78 is 369. The Morgan fingerprint density at radius 1 is 0.426 bits per heavy atom. The molecule has 0 unspecified atom stereocenters. The van der Waals surface area contributed by atoms with E-state index in [1.54, 1.807) is 0 Å². The third-order valence-electron chi connectivity index (χ3n) is 7.91. The number of alkyl halides is 27. The summed E-state index contributed by atoms with van der Waals surface area (Å²) in [5.41, 5.74) is -3.57. The number of carbonyl (C=O) groups excluding carboxylic acids is 1. The van der Waals surface area contributed by atoms with Gasteiger partial charge in [-0.25, -0.2) is 0 Å². The van der Waals surface area contributed by atoms with Crippen molar-refractivity contribution in [3.05, 3.63) is 0 Å². The molecule has 0 aromatic heterocycles.